The van der Waals surface area contributed by atoms with Crippen LogP contribution in [0.15, 0.2) is 81.3 Å². The van der Waals surface area contributed by atoms with Crippen molar-refractivity contribution < 1.29 is 9.21 Å². The molecule has 0 spiro atoms. The summed E-state index contributed by atoms with van der Waals surface area (Å²) in [4.78, 5) is 33.0. The van der Waals surface area contributed by atoms with E-state index in [9.17, 15) is 9.59 Å². The number of thioether (sulfide) groups is 1. The summed E-state index contributed by atoms with van der Waals surface area (Å²) >= 11 is 7.38. The fraction of sp³-hybridized carbons (Fsp3) is 0.208. The van der Waals surface area contributed by atoms with Gasteiger partial charge in [-0.25, -0.2) is 4.98 Å². The molecule has 0 N–H and O–H groups in total. The molecule has 6 nitrogen and oxygen atoms in total. The lowest BCUT2D eigenvalue weighted by Gasteiger charge is -2.24. The van der Waals surface area contributed by atoms with Crippen LogP contribution in [0.25, 0.3) is 10.9 Å². The van der Waals surface area contributed by atoms with Gasteiger partial charge < -0.3 is 9.32 Å². The molecule has 164 valence electrons. The fourth-order valence-electron chi connectivity index (χ4n) is 3.46. The van der Waals surface area contributed by atoms with Crippen molar-refractivity contribution in [2.45, 2.75) is 30.8 Å². The first-order valence-electron chi connectivity index (χ1n) is 10.2. The van der Waals surface area contributed by atoms with E-state index < -0.39 is 5.25 Å². The predicted octanol–water partition coefficient (Wildman–Crippen LogP) is 5.22. The second kappa shape index (κ2) is 9.63. The molecule has 32 heavy (non-hydrogen) atoms. The first kappa shape index (κ1) is 22.2. The number of halogens is 1. The molecule has 2 heterocycles. The number of hydrogen-bond acceptors (Lipinski definition) is 5. The zero-order valence-corrected chi connectivity index (χ0v) is 19.3. The number of para-hydroxylation sites is 1. The molecule has 0 saturated heterocycles. The monoisotopic (exact) mass is 467 g/mol. The van der Waals surface area contributed by atoms with Gasteiger partial charge in [-0.2, -0.15) is 0 Å². The van der Waals surface area contributed by atoms with Crippen molar-refractivity contribution in [2.24, 2.45) is 0 Å². The van der Waals surface area contributed by atoms with Gasteiger partial charge in [0.15, 0.2) is 5.16 Å². The van der Waals surface area contributed by atoms with Crippen LogP contribution < -0.4 is 10.5 Å². The number of carbonyl (C=O) groups excluding carboxylic acids is 1. The molecular formula is C24H22ClN3O3S. The van der Waals surface area contributed by atoms with Crippen LogP contribution in [0.3, 0.4) is 0 Å². The molecule has 0 fully saturated rings. The maximum atomic E-state index is 13.3. The van der Waals surface area contributed by atoms with Gasteiger partial charge in [-0.05, 0) is 56.3 Å². The molecule has 4 rings (SSSR count). The van der Waals surface area contributed by atoms with Gasteiger partial charge >= 0.3 is 0 Å². The number of anilines is 1. The highest BCUT2D eigenvalue weighted by Gasteiger charge is 2.24. The van der Waals surface area contributed by atoms with Crippen molar-refractivity contribution >= 4 is 45.9 Å². The molecule has 1 unspecified atom stereocenters. The highest BCUT2D eigenvalue weighted by Crippen LogP contribution is 2.27. The number of amides is 1. The van der Waals surface area contributed by atoms with Gasteiger partial charge in [0, 0.05) is 17.3 Å². The summed E-state index contributed by atoms with van der Waals surface area (Å²) in [7, 11) is 0. The molecule has 0 radical (unpaired) electrons. The van der Waals surface area contributed by atoms with E-state index in [4.69, 9.17) is 16.0 Å². The normalized spacial score (nSPS) is 12.1. The molecule has 2 aromatic carbocycles. The molecule has 2 aromatic heterocycles. The van der Waals surface area contributed by atoms with Crippen LogP contribution in [0.1, 0.15) is 19.6 Å². The van der Waals surface area contributed by atoms with E-state index >= 15 is 0 Å². The number of hydrogen-bond donors (Lipinski definition) is 0. The third-order valence-corrected chi connectivity index (χ3v) is 6.37. The van der Waals surface area contributed by atoms with Gasteiger partial charge in [0.25, 0.3) is 5.56 Å². The van der Waals surface area contributed by atoms with Crippen LogP contribution >= 0.6 is 23.4 Å². The smallest absolute Gasteiger partial charge is 0.262 e. The molecule has 4 aromatic rings. The zero-order valence-electron chi connectivity index (χ0n) is 17.7. The SMILES string of the molecule is CCN(C(=O)C(C)Sc1nc2cc(Cl)ccc2c(=O)n1Cc1ccco1)c1ccccc1. The number of furan rings is 1. The van der Waals surface area contributed by atoms with E-state index in [1.54, 1.807) is 46.1 Å². The van der Waals surface area contributed by atoms with Crippen LogP contribution in [-0.4, -0.2) is 27.3 Å². The van der Waals surface area contributed by atoms with Crippen LogP contribution in [0, 0.1) is 0 Å². The number of rotatable bonds is 7. The molecule has 1 atom stereocenters. The summed E-state index contributed by atoms with van der Waals surface area (Å²) in [6.45, 7) is 4.51. The van der Waals surface area contributed by atoms with Gasteiger partial charge in [-0.15, -0.1) is 0 Å². The van der Waals surface area contributed by atoms with E-state index in [0.717, 1.165) is 5.69 Å². The zero-order chi connectivity index (χ0) is 22.7. The molecule has 0 bridgehead atoms. The fourth-order valence-corrected chi connectivity index (χ4v) is 4.60. The van der Waals surface area contributed by atoms with E-state index in [0.29, 0.717) is 33.4 Å². The minimum Gasteiger partial charge on any atom is -0.467 e. The molecule has 8 heteroatoms. The maximum Gasteiger partial charge on any atom is 0.262 e. The number of fused-ring (bicyclic) bond motifs is 1. The number of aromatic nitrogens is 2. The van der Waals surface area contributed by atoms with E-state index in [-0.39, 0.29) is 18.0 Å². The Morgan fingerprint density at radius 2 is 1.97 bits per heavy atom. The summed E-state index contributed by atoms with van der Waals surface area (Å²) in [6, 6.07) is 18.1. The predicted molar refractivity (Wildman–Crippen MR) is 129 cm³/mol. The Balaban J connectivity index is 1.72. The highest BCUT2D eigenvalue weighted by molar-refractivity contribution is 8.00. The van der Waals surface area contributed by atoms with Crippen molar-refractivity contribution in [1.29, 1.82) is 0 Å². The quantitative estimate of drug-likeness (QED) is 0.275. The lowest BCUT2D eigenvalue weighted by atomic mass is 10.2. The van der Waals surface area contributed by atoms with Crippen molar-refractivity contribution in [3.8, 4) is 0 Å². The molecule has 0 saturated carbocycles. The Kier molecular flexibility index (Phi) is 6.67. The van der Waals surface area contributed by atoms with Crippen molar-refractivity contribution in [1.82, 2.24) is 9.55 Å². The Morgan fingerprint density at radius 3 is 2.66 bits per heavy atom. The van der Waals surface area contributed by atoms with Gasteiger partial charge in [-0.3, -0.25) is 14.2 Å². The van der Waals surface area contributed by atoms with Crippen molar-refractivity contribution in [3.63, 3.8) is 0 Å². The Bertz CT molecular complexity index is 1290. The minimum absolute atomic E-state index is 0.0614. The summed E-state index contributed by atoms with van der Waals surface area (Å²) < 4.78 is 7.00. The maximum absolute atomic E-state index is 13.3. The number of nitrogens with zero attached hydrogens (tertiary/aromatic N) is 3. The average Bonchev–Trinajstić information content (AvgIpc) is 3.30. The standard InChI is InChI=1S/C24H22ClN3O3S/c1-3-27(18-8-5-4-6-9-18)22(29)16(2)32-24-26-21-14-17(25)11-12-20(21)23(30)28(24)15-19-10-7-13-31-19/h4-14,16H,3,15H2,1-2H3. The van der Waals surface area contributed by atoms with Gasteiger partial charge in [-0.1, -0.05) is 41.6 Å². The summed E-state index contributed by atoms with van der Waals surface area (Å²) in [6.07, 6.45) is 1.56. The molecule has 0 aliphatic rings. The molecule has 1 amide bonds. The van der Waals surface area contributed by atoms with E-state index in [1.165, 1.54) is 11.8 Å². The summed E-state index contributed by atoms with van der Waals surface area (Å²) in [5.41, 5.74) is 1.12. The first-order chi connectivity index (χ1) is 15.5. The van der Waals surface area contributed by atoms with Crippen LogP contribution in [0.2, 0.25) is 5.02 Å². The summed E-state index contributed by atoms with van der Waals surface area (Å²) in [5, 5.41) is 0.922. The van der Waals surface area contributed by atoms with Gasteiger partial charge in [0.1, 0.15) is 5.76 Å². The minimum atomic E-state index is -0.471. The highest BCUT2D eigenvalue weighted by atomic mass is 35.5. The third-order valence-electron chi connectivity index (χ3n) is 5.06. The van der Waals surface area contributed by atoms with Crippen LogP contribution in [-0.2, 0) is 11.3 Å². The van der Waals surface area contributed by atoms with Crippen molar-refractivity contribution in [3.05, 3.63) is 88.1 Å². The van der Waals surface area contributed by atoms with Crippen LogP contribution in [0.5, 0.6) is 0 Å². The topological polar surface area (TPSA) is 68.3 Å². The molecular weight excluding hydrogens is 446 g/mol. The average molecular weight is 468 g/mol. The Hall–Kier alpha value is -3.03. The van der Waals surface area contributed by atoms with Gasteiger partial charge in [0.05, 0.1) is 29.0 Å². The first-order valence-corrected chi connectivity index (χ1v) is 11.5. The molecule has 0 aliphatic heterocycles. The lowest BCUT2D eigenvalue weighted by Crippen LogP contribution is -2.37. The Labute approximate surface area is 194 Å². The second-order valence-electron chi connectivity index (χ2n) is 7.20. The van der Waals surface area contributed by atoms with Gasteiger partial charge in [0.2, 0.25) is 5.91 Å². The van der Waals surface area contributed by atoms with E-state index in [2.05, 4.69) is 4.98 Å². The number of carbonyl (C=O) groups is 1. The second-order valence-corrected chi connectivity index (χ2v) is 8.95. The van der Waals surface area contributed by atoms with E-state index in [1.807, 2.05) is 44.2 Å². The number of benzene rings is 2. The molecule has 0 aliphatic carbocycles. The third kappa shape index (κ3) is 4.59. The summed E-state index contributed by atoms with van der Waals surface area (Å²) in [5.74, 6) is 0.566. The largest absolute Gasteiger partial charge is 0.467 e. The lowest BCUT2D eigenvalue weighted by molar-refractivity contribution is -0.117. The Morgan fingerprint density at radius 1 is 1.19 bits per heavy atom. The van der Waals surface area contributed by atoms with Crippen molar-refractivity contribution in [2.75, 3.05) is 11.4 Å². The van der Waals surface area contributed by atoms with Crippen LogP contribution in [0.4, 0.5) is 5.69 Å².